The number of thioether (sulfide) groups is 1. The number of hydrogen-bond donors (Lipinski definition) is 1. The number of carbonyl (C=O) groups is 1. The Morgan fingerprint density at radius 3 is 2.60 bits per heavy atom. The highest BCUT2D eigenvalue weighted by Crippen LogP contribution is 2.33. The summed E-state index contributed by atoms with van der Waals surface area (Å²) in [6.45, 7) is 15.5. The monoisotopic (exact) mass is 480 g/mol. The van der Waals surface area contributed by atoms with Gasteiger partial charge in [0.1, 0.15) is 5.71 Å². The molecule has 1 atom stereocenters. The standard InChI is InChI=1S/C27H25NS.C4H7NO/c1-6-12-21(4)27(22(5)26-16-9-10-19-29-26)24-15-11-14-23(20-24)17-18-25(13-7-2)28-8-3;1-2-3-5-4-6/h6-8,10-15,19-20,26H,1,3H2,2,4-5H3;2-4H,1H3,(H,5,6)/b13-7-,21-12+,27-22-,28-25?;3-2+. The van der Waals surface area contributed by atoms with Crippen LogP contribution in [0.5, 0.6) is 0 Å². The molecular weight excluding hydrogens is 448 g/mol. The highest BCUT2D eigenvalue weighted by Gasteiger charge is 2.16. The zero-order valence-electron chi connectivity index (χ0n) is 20.8. The molecule has 0 aliphatic carbocycles. The van der Waals surface area contributed by atoms with Crippen LogP contribution in [0.1, 0.15) is 38.8 Å². The second kappa shape index (κ2) is 17.5. The van der Waals surface area contributed by atoms with Gasteiger partial charge in [0.2, 0.25) is 6.41 Å². The molecule has 0 saturated heterocycles. The summed E-state index contributed by atoms with van der Waals surface area (Å²) in [4.78, 5) is 13.6. The maximum atomic E-state index is 9.40. The molecule has 1 aromatic rings. The Balaban J connectivity index is 0.000000905. The minimum absolute atomic E-state index is 0.138. The van der Waals surface area contributed by atoms with Crippen molar-refractivity contribution in [3.8, 4) is 23.7 Å². The third-order valence-corrected chi connectivity index (χ3v) is 5.54. The van der Waals surface area contributed by atoms with E-state index >= 15 is 0 Å². The van der Waals surface area contributed by atoms with Gasteiger partial charge in [-0.25, -0.2) is 4.99 Å². The van der Waals surface area contributed by atoms with Crippen LogP contribution in [0, 0.1) is 23.7 Å². The molecule has 1 heterocycles. The molecule has 178 valence electrons. The Morgan fingerprint density at radius 2 is 2.03 bits per heavy atom. The fourth-order valence-corrected chi connectivity index (χ4v) is 3.84. The summed E-state index contributed by atoms with van der Waals surface area (Å²) in [5, 5.41) is 4.53. The summed E-state index contributed by atoms with van der Waals surface area (Å²) in [7, 11) is 0. The van der Waals surface area contributed by atoms with E-state index in [1.165, 1.54) is 17.3 Å². The fraction of sp³-hybridized carbons (Fsp3) is 0.161. The van der Waals surface area contributed by atoms with E-state index in [1.807, 2.05) is 56.4 Å². The van der Waals surface area contributed by atoms with E-state index in [4.69, 9.17) is 0 Å². The third kappa shape index (κ3) is 10.7. The Morgan fingerprint density at radius 1 is 1.23 bits per heavy atom. The second-order valence-corrected chi connectivity index (χ2v) is 8.08. The fourth-order valence-electron chi connectivity index (χ4n) is 3.07. The van der Waals surface area contributed by atoms with Crippen LogP contribution in [-0.2, 0) is 4.79 Å². The Hall–Kier alpha value is -3.99. The molecule has 2 rings (SSSR count). The SMILES string of the molecule is C/C=C/NC=O.C=C/C=C(C)/C(=C(\C)C1C#CC=CS1)c1cccc(C#CC(/C=C\C)=NC=C)c1. The zero-order chi connectivity index (χ0) is 25.9. The van der Waals surface area contributed by atoms with Crippen molar-refractivity contribution in [2.24, 2.45) is 4.99 Å². The van der Waals surface area contributed by atoms with Crippen molar-refractivity contribution in [3.63, 3.8) is 0 Å². The van der Waals surface area contributed by atoms with Gasteiger partial charge in [-0.05, 0) is 91.8 Å². The lowest BCUT2D eigenvalue weighted by atomic mass is 9.91. The molecule has 4 heteroatoms. The summed E-state index contributed by atoms with van der Waals surface area (Å²) in [5.74, 6) is 12.7. The molecule has 0 aromatic heterocycles. The minimum Gasteiger partial charge on any atom is -0.336 e. The van der Waals surface area contributed by atoms with Crippen LogP contribution in [0.15, 0.2) is 108 Å². The van der Waals surface area contributed by atoms with Crippen molar-refractivity contribution in [1.82, 2.24) is 5.32 Å². The van der Waals surface area contributed by atoms with Crippen molar-refractivity contribution in [2.45, 2.75) is 32.9 Å². The van der Waals surface area contributed by atoms with Gasteiger partial charge < -0.3 is 5.32 Å². The lowest BCUT2D eigenvalue weighted by Gasteiger charge is -2.18. The molecule has 1 aliphatic rings. The number of allylic oxidation sites excluding steroid dienone is 8. The highest BCUT2D eigenvalue weighted by molar-refractivity contribution is 8.03. The molecule has 1 amide bonds. The van der Waals surface area contributed by atoms with Crippen LogP contribution in [0.2, 0.25) is 0 Å². The van der Waals surface area contributed by atoms with Gasteiger partial charge in [-0.15, -0.1) is 11.8 Å². The molecule has 1 aliphatic heterocycles. The highest BCUT2D eigenvalue weighted by atomic mass is 32.2. The molecule has 0 bridgehead atoms. The molecule has 1 N–H and O–H groups in total. The summed E-state index contributed by atoms with van der Waals surface area (Å²) in [6, 6.07) is 8.28. The number of nitrogens with one attached hydrogen (secondary N) is 1. The second-order valence-electron chi connectivity index (χ2n) is 7.06. The topological polar surface area (TPSA) is 41.5 Å². The number of carbonyl (C=O) groups excluding carboxylic acids is 1. The van der Waals surface area contributed by atoms with Crippen LogP contribution < -0.4 is 5.32 Å². The summed E-state index contributed by atoms with van der Waals surface area (Å²) >= 11 is 1.73. The smallest absolute Gasteiger partial charge is 0.211 e. The summed E-state index contributed by atoms with van der Waals surface area (Å²) in [5.41, 5.74) is 6.31. The normalized spacial score (nSPS) is 15.6. The predicted molar refractivity (Wildman–Crippen MR) is 155 cm³/mol. The largest absolute Gasteiger partial charge is 0.336 e. The van der Waals surface area contributed by atoms with Gasteiger partial charge in [0, 0.05) is 11.8 Å². The molecular formula is C31H32N2OS. The van der Waals surface area contributed by atoms with Crippen LogP contribution in [-0.4, -0.2) is 17.4 Å². The molecule has 35 heavy (non-hydrogen) atoms. The lowest BCUT2D eigenvalue weighted by Crippen LogP contribution is -2.06. The van der Waals surface area contributed by atoms with E-state index in [2.05, 4.69) is 78.5 Å². The lowest BCUT2D eigenvalue weighted by molar-refractivity contribution is -0.108. The molecule has 1 unspecified atom stereocenters. The maximum absolute atomic E-state index is 9.40. The van der Waals surface area contributed by atoms with Crippen molar-refractivity contribution in [3.05, 3.63) is 114 Å². The molecule has 0 saturated carbocycles. The van der Waals surface area contributed by atoms with Crippen LogP contribution >= 0.6 is 11.8 Å². The number of nitrogens with zero attached hydrogens (tertiary/aromatic N) is 1. The average molecular weight is 481 g/mol. The molecule has 1 aromatic carbocycles. The first-order chi connectivity index (χ1) is 17.0. The molecule has 0 radical (unpaired) electrons. The Kier molecular flexibility index (Phi) is 14.5. The van der Waals surface area contributed by atoms with Gasteiger partial charge in [-0.3, -0.25) is 4.79 Å². The van der Waals surface area contributed by atoms with E-state index in [1.54, 1.807) is 24.0 Å². The average Bonchev–Trinajstić information content (AvgIpc) is 2.88. The maximum Gasteiger partial charge on any atom is 0.211 e. The van der Waals surface area contributed by atoms with E-state index < -0.39 is 0 Å². The molecule has 3 nitrogen and oxygen atoms in total. The third-order valence-electron chi connectivity index (χ3n) is 4.50. The quantitative estimate of drug-likeness (QED) is 0.188. The van der Waals surface area contributed by atoms with E-state index in [-0.39, 0.29) is 5.25 Å². The number of aliphatic imine (C=N–C) groups is 1. The van der Waals surface area contributed by atoms with Gasteiger partial charge in [-0.1, -0.05) is 67.4 Å². The number of benzene rings is 1. The Bertz CT molecular complexity index is 1200. The van der Waals surface area contributed by atoms with Crippen molar-refractivity contribution >= 4 is 29.5 Å². The number of hydrogen-bond acceptors (Lipinski definition) is 3. The van der Waals surface area contributed by atoms with Gasteiger partial charge in [0.25, 0.3) is 0 Å². The van der Waals surface area contributed by atoms with Crippen molar-refractivity contribution < 1.29 is 4.79 Å². The number of rotatable bonds is 8. The van der Waals surface area contributed by atoms with Gasteiger partial charge in [0.05, 0.1) is 5.25 Å². The first-order valence-electron chi connectivity index (χ1n) is 11.1. The van der Waals surface area contributed by atoms with E-state index in [9.17, 15) is 4.79 Å². The van der Waals surface area contributed by atoms with Crippen LogP contribution in [0.3, 0.4) is 0 Å². The zero-order valence-corrected chi connectivity index (χ0v) is 21.7. The van der Waals surface area contributed by atoms with E-state index in [0.29, 0.717) is 12.1 Å². The summed E-state index contributed by atoms with van der Waals surface area (Å²) in [6.07, 6.45) is 15.0. The van der Waals surface area contributed by atoms with Gasteiger partial charge in [-0.2, -0.15) is 0 Å². The number of amides is 1. The van der Waals surface area contributed by atoms with Gasteiger partial charge in [0.15, 0.2) is 0 Å². The Labute approximate surface area is 214 Å². The van der Waals surface area contributed by atoms with E-state index in [0.717, 1.165) is 16.7 Å². The predicted octanol–water partition coefficient (Wildman–Crippen LogP) is 7.00. The minimum atomic E-state index is 0.138. The summed E-state index contributed by atoms with van der Waals surface area (Å²) < 4.78 is 0. The van der Waals surface area contributed by atoms with Crippen molar-refractivity contribution in [1.29, 1.82) is 0 Å². The first kappa shape index (κ1) is 29.0. The first-order valence-corrected chi connectivity index (χ1v) is 12.0. The van der Waals surface area contributed by atoms with Crippen molar-refractivity contribution in [2.75, 3.05) is 0 Å². The van der Waals surface area contributed by atoms with Crippen LogP contribution in [0.25, 0.3) is 5.57 Å². The molecule has 0 spiro atoms. The van der Waals surface area contributed by atoms with Gasteiger partial charge >= 0.3 is 0 Å². The molecule has 0 fully saturated rings. The van der Waals surface area contributed by atoms with Crippen LogP contribution in [0.4, 0.5) is 0 Å².